The van der Waals surface area contributed by atoms with Crippen LogP contribution in [0.4, 0.5) is 11.4 Å². The van der Waals surface area contributed by atoms with Crippen LogP contribution < -0.4 is 10.2 Å². The van der Waals surface area contributed by atoms with E-state index in [1.807, 2.05) is 0 Å². The van der Waals surface area contributed by atoms with Crippen molar-refractivity contribution < 1.29 is 0 Å². The SMILES string of the molecule is Cc1ccc(CNc2ccccc2N2CCCC2)cc1C. The number of hydrogen-bond acceptors (Lipinski definition) is 2. The Morgan fingerprint density at radius 2 is 1.71 bits per heavy atom. The van der Waals surface area contributed by atoms with Crippen LogP contribution in [-0.4, -0.2) is 13.1 Å². The van der Waals surface area contributed by atoms with Crippen molar-refractivity contribution in [3.63, 3.8) is 0 Å². The summed E-state index contributed by atoms with van der Waals surface area (Å²) in [6.45, 7) is 7.59. The van der Waals surface area contributed by atoms with Crippen LogP contribution in [0.1, 0.15) is 29.5 Å². The van der Waals surface area contributed by atoms with E-state index in [1.54, 1.807) is 0 Å². The lowest BCUT2D eigenvalue weighted by atomic mass is 10.1. The van der Waals surface area contributed by atoms with Crippen molar-refractivity contribution in [2.24, 2.45) is 0 Å². The zero-order valence-corrected chi connectivity index (χ0v) is 13.0. The van der Waals surface area contributed by atoms with Crippen LogP contribution in [0.2, 0.25) is 0 Å². The number of nitrogens with one attached hydrogen (secondary N) is 1. The quantitative estimate of drug-likeness (QED) is 0.886. The molecule has 0 aliphatic carbocycles. The highest BCUT2D eigenvalue weighted by Crippen LogP contribution is 2.29. The molecule has 1 N–H and O–H groups in total. The average Bonchev–Trinajstić information content (AvgIpc) is 3.03. The van der Waals surface area contributed by atoms with Crippen molar-refractivity contribution in [2.75, 3.05) is 23.3 Å². The van der Waals surface area contributed by atoms with Crippen LogP contribution in [0.5, 0.6) is 0 Å². The Hall–Kier alpha value is -1.96. The number of hydrogen-bond donors (Lipinski definition) is 1. The van der Waals surface area contributed by atoms with Gasteiger partial charge in [-0.15, -0.1) is 0 Å². The molecule has 2 aromatic rings. The van der Waals surface area contributed by atoms with Gasteiger partial charge >= 0.3 is 0 Å². The molecule has 1 saturated heterocycles. The molecule has 1 fully saturated rings. The summed E-state index contributed by atoms with van der Waals surface area (Å²) in [5.74, 6) is 0. The first kappa shape index (κ1) is 14.0. The third kappa shape index (κ3) is 3.21. The van der Waals surface area contributed by atoms with E-state index in [0.29, 0.717) is 0 Å². The summed E-state index contributed by atoms with van der Waals surface area (Å²) in [6.07, 6.45) is 2.62. The number of para-hydroxylation sites is 2. The second-order valence-corrected chi connectivity index (χ2v) is 5.98. The second-order valence-electron chi connectivity index (χ2n) is 5.98. The van der Waals surface area contributed by atoms with Gasteiger partial charge in [0, 0.05) is 19.6 Å². The van der Waals surface area contributed by atoms with Gasteiger partial charge < -0.3 is 10.2 Å². The predicted octanol–water partition coefficient (Wildman–Crippen LogP) is 4.52. The van der Waals surface area contributed by atoms with Gasteiger partial charge in [-0.2, -0.15) is 0 Å². The van der Waals surface area contributed by atoms with E-state index in [-0.39, 0.29) is 0 Å². The molecule has 0 bridgehead atoms. The lowest BCUT2D eigenvalue weighted by Gasteiger charge is -2.22. The molecule has 2 aromatic carbocycles. The first-order valence-corrected chi connectivity index (χ1v) is 7.88. The lowest BCUT2D eigenvalue weighted by molar-refractivity contribution is 0.949. The Kier molecular flexibility index (Phi) is 4.14. The minimum atomic E-state index is 0.881. The summed E-state index contributed by atoms with van der Waals surface area (Å²) in [4.78, 5) is 2.49. The molecule has 110 valence electrons. The summed E-state index contributed by atoms with van der Waals surface area (Å²) < 4.78 is 0. The number of nitrogens with zero attached hydrogens (tertiary/aromatic N) is 1. The molecule has 0 atom stereocenters. The Bertz CT molecular complexity index is 613. The van der Waals surface area contributed by atoms with Crippen molar-refractivity contribution >= 4 is 11.4 Å². The second kappa shape index (κ2) is 6.21. The van der Waals surface area contributed by atoms with Gasteiger partial charge in [-0.05, 0) is 55.5 Å². The van der Waals surface area contributed by atoms with Gasteiger partial charge in [0.1, 0.15) is 0 Å². The smallest absolute Gasteiger partial charge is 0.0602 e. The molecule has 0 saturated carbocycles. The number of benzene rings is 2. The van der Waals surface area contributed by atoms with E-state index in [2.05, 4.69) is 66.5 Å². The van der Waals surface area contributed by atoms with Gasteiger partial charge in [0.2, 0.25) is 0 Å². The molecule has 0 radical (unpaired) electrons. The van der Waals surface area contributed by atoms with Gasteiger partial charge in [-0.3, -0.25) is 0 Å². The van der Waals surface area contributed by atoms with E-state index >= 15 is 0 Å². The van der Waals surface area contributed by atoms with Gasteiger partial charge in [0.15, 0.2) is 0 Å². The molecule has 1 heterocycles. The number of aryl methyl sites for hydroxylation is 2. The zero-order valence-electron chi connectivity index (χ0n) is 13.0. The van der Waals surface area contributed by atoms with E-state index < -0.39 is 0 Å². The molecule has 1 aliphatic heterocycles. The largest absolute Gasteiger partial charge is 0.379 e. The summed E-state index contributed by atoms with van der Waals surface area (Å²) in [7, 11) is 0. The first-order chi connectivity index (χ1) is 10.2. The monoisotopic (exact) mass is 280 g/mol. The van der Waals surface area contributed by atoms with E-state index in [1.165, 1.54) is 54.0 Å². The Morgan fingerprint density at radius 1 is 0.952 bits per heavy atom. The van der Waals surface area contributed by atoms with Gasteiger partial charge in [0.25, 0.3) is 0 Å². The van der Waals surface area contributed by atoms with Crippen molar-refractivity contribution in [2.45, 2.75) is 33.2 Å². The lowest BCUT2D eigenvalue weighted by Crippen LogP contribution is -2.19. The first-order valence-electron chi connectivity index (χ1n) is 7.88. The molecule has 1 aliphatic rings. The van der Waals surface area contributed by atoms with Crippen LogP contribution in [0.15, 0.2) is 42.5 Å². The van der Waals surface area contributed by atoms with Crippen LogP contribution in [0.3, 0.4) is 0 Å². The molecule has 0 spiro atoms. The fraction of sp³-hybridized carbons (Fsp3) is 0.368. The third-order valence-corrected chi connectivity index (χ3v) is 4.41. The van der Waals surface area contributed by atoms with Gasteiger partial charge in [-0.1, -0.05) is 30.3 Å². The van der Waals surface area contributed by atoms with Gasteiger partial charge in [-0.25, -0.2) is 0 Å². The topological polar surface area (TPSA) is 15.3 Å². The fourth-order valence-electron chi connectivity index (χ4n) is 2.97. The molecule has 0 unspecified atom stereocenters. The van der Waals surface area contributed by atoms with Crippen molar-refractivity contribution in [1.82, 2.24) is 0 Å². The van der Waals surface area contributed by atoms with Crippen LogP contribution in [0.25, 0.3) is 0 Å². The van der Waals surface area contributed by atoms with Crippen LogP contribution in [-0.2, 0) is 6.54 Å². The van der Waals surface area contributed by atoms with Crippen molar-refractivity contribution in [3.05, 3.63) is 59.2 Å². The van der Waals surface area contributed by atoms with Crippen LogP contribution in [0, 0.1) is 13.8 Å². The maximum absolute atomic E-state index is 3.61. The summed E-state index contributed by atoms with van der Waals surface area (Å²) in [5.41, 5.74) is 6.66. The Morgan fingerprint density at radius 3 is 2.48 bits per heavy atom. The van der Waals surface area contributed by atoms with E-state index in [0.717, 1.165) is 6.54 Å². The minimum absolute atomic E-state index is 0.881. The highest BCUT2D eigenvalue weighted by Gasteiger charge is 2.15. The molecule has 21 heavy (non-hydrogen) atoms. The van der Waals surface area contributed by atoms with Crippen molar-refractivity contribution in [1.29, 1.82) is 0 Å². The minimum Gasteiger partial charge on any atom is -0.379 e. The molecular formula is C19H24N2. The average molecular weight is 280 g/mol. The fourth-order valence-corrected chi connectivity index (χ4v) is 2.97. The normalized spacial score (nSPS) is 14.5. The maximum Gasteiger partial charge on any atom is 0.0602 e. The Labute approximate surface area is 127 Å². The highest BCUT2D eigenvalue weighted by atomic mass is 15.2. The Balaban J connectivity index is 1.74. The molecular weight excluding hydrogens is 256 g/mol. The van der Waals surface area contributed by atoms with Gasteiger partial charge in [0.05, 0.1) is 11.4 Å². The van der Waals surface area contributed by atoms with Crippen LogP contribution >= 0.6 is 0 Å². The maximum atomic E-state index is 3.61. The zero-order chi connectivity index (χ0) is 14.7. The molecule has 0 aromatic heterocycles. The predicted molar refractivity (Wildman–Crippen MR) is 91.1 cm³/mol. The highest BCUT2D eigenvalue weighted by molar-refractivity contribution is 5.70. The summed E-state index contributed by atoms with van der Waals surface area (Å²) in [6, 6.07) is 15.4. The van der Waals surface area contributed by atoms with E-state index in [9.17, 15) is 0 Å². The van der Waals surface area contributed by atoms with Crippen molar-refractivity contribution in [3.8, 4) is 0 Å². The number of anilines is 2. The summed E-state index contributed by atoms with van der Waals surface area (Å²) >= 11 is 0. The summed E-state index contributed by atoms with van der Waals surface area (Å²) in [5, 5.41) is 3.61. The molecule has 2 nitrogen and oxygen atoms in total. The standard InChI is InChI=1S/C19H24N2/c1-15-9-10-17(13-16(15)2)14-20-18-7-3-4-8-19(18)21-11-5-6-12-21/h3-4,7-10,13,20H,5-6,11-12,14H2,1-2H3. The van der Waals surface area contributed by atoms with E-state index in [4.69, 9.17) is 0 Å². The third-order valence-electron chi connectivity index (χ3n) is 4.41. The molecule has 2 heteroatoms. The molecule has 3 rings (SSSR count). The molecule has 0 amide bonds. The number of rotatable bonds is 4.